The largest absolute Gasteiger partial charge is 0.481 e. The summed E-state index contributed by atoms with van der Waals surface area (Å²) in [6, 6.07) is 6.14. The van der Waals surface area contributed by atoms with Crippen molar-refractivity contribution >= 4 is 5.91 Å². The molecule has 0 aromatic heterocycles. The highest BCUT2D eigenvalue weighted by Crippen LogP contribution is 2.28. The van der Waals surface area contributed by atoms with Crippen molar-refractivity contribution < 1.29 is 14.3 Å². The van der Waals surface area contributed by atoms with Crippen LogP contribution < -0.4 is 10.1 Å². The van der Waals surface area contributed by atoms with E-state index >= 15 is 0 Å². The average Bonchev–Trinajstić information content (AvgIpc) is 2.46. The maximum atomic E-state index is 12.1. The van der Waals surface area contributed by atoms with Gasteiger partial charge in [0.1, 0.15) is 5.75 Å². The van der Waals surface area contributed by atoms with E-state index in [4.69, 9.17) is 9.47 Å². The summed E-state index contributed by atoms with van der Waals surface area (Å²) >= 11 is 0. The first-order chi connectivity index (χ1) is 10.8. The number of carbonyl (C=O) groups is 1. The summed E-state index contributed by atoms with van der Waals surface area (Å²) in [5.74, 6) is 1.06. The molecule has 1 amide bonds. The van der Waals surface area contributed by atoms with Crippen LogP contribution >= 0.6 is 0 Å². The third-order valence-corrected chi connectivity index (χ3v) is 3.54. The fraction of sp³-hybridized carbons (Fsp3) is 0.632. The van der Waals surface area contributed by atoms with Crippen molar-refractivity contribution in [1.82, 2.24) is 5.32 Å². The molecule has 130 valence electrons. The van der Waals surface area contributed by atoms with Crippen molar-refractivity contribution in [3.8, 4) is 5.75 Å². The van der Waals surface area contributed by atoms with Gasteiger partial charge in [0.15, 0.2) is 6.10 Å². The third-order valence-electron chi connectivity index (χ3n) is 3.54. The van der Waals surface area contributed by atoms with Crippen LogP contribution in [0.3, 0.4) is 0 Å². The van der Waals surface area contributed by atoms with Gasteiger partial charge in [-0.1, -0.05) is 26.0 Å². The van der Waals surface area contributed by atoms with Crippen LogP contribution in [0.4, 0.5) is 0 Å². The lowest BCUT2D eigenvalue weighted by atomic mass is 10.0. The van der Waals surface area contributed by atoms with Crippen LogP contribution in [0.2, 0.25) is 0 Å². The first-order valence-corrected chi connectivity index (χ1v) is 8.47. The zero-order valence-electron chi connectivity index (χ0n) is 15.3. The topological polar surface area (TPSA) is 47.6 Å². The summed E-state index contributed by atoms with van der Waals surface area (Å²) in [6.07, 6.45) is 0.516. The lowest BCUT2D eigenvalue weighted by molar-refractivity contribution is -0.127. The molecule has 0 fully saturated rings. The van der Waals surface area contributed by atoms with Gasteiger partial charge in [-0.3, -0.25) is 4.79 Å². The molecule has 0 aliphatic carbocycles. The molecule has 4 heteroatoms. The molecule has 1 aromatic carbocycles. The van der Waals surface area contributed by atoms with E-state index in [-0.39, 0.29) is 12.0 Å². The van der Waals surface area contributed by atoms with Crippen molar-refractivity contribution in [2.24, 2.45) is 0 Å². The van der Waals surface area contributed by atoms with Gasteiger partial charge >= 0.3 is 0 Å². The Morgan fingerprint density at radius 2 is 1.87 bits per heavy atom. The first-order valence-electron chi connectivity index (χ1n) is 8.47. The summed E-state index contributed by atoms with van der Waals surface area (Å²) < 4.78 is 11.4. The Morgan fingerprint density at radius 3 is 2.48 bits per heavy atom. The van der Waals surface area contributed by atoms with Crippen molar-refractivity contribution in [3.05, 3.63) is 29.3 Å². The van der Waals surface area contributed by atoms with E-state index < -0.39 is 6.10 Å². The number of rotatable bonds is 9. The zero-order chi connectivity index (χ0) is 17.4. The Balaban J connectivity index is 2.50. The summed E-state index contributed by atoms with van der Waals surface area (Å²) in [5.41, 5.74) is 2.25. The molecule has 0 bridgehead atoms. The van der Waals surface area contributed by atoms with E-state index in [9.17, 15) is 4.79 Å². The lowest BCUT2D eigenvalue weighted by Crippen LogP contribution is -2.37. The van der Waals surface area contributed by atoms with Crippen LogP contribution in [0.15, 0.2) is 18.2 Å². The predicted octanol–water partition coefficient (Wildman–Crippen LogP) is 3.82. The second-order valence-electron chi connectivity index (χ2n) is 6.52. The number of benzene rings is 1. The van der Waals surface area contributed by atoms with Crippen molar-refractivity contribution in [2.45, 2.75) is 66.1 Å². The smallest absolute Gasteiger partial charge is 0.260 e. The maximum Gasteiger partial charge on any atom is 0.260 e. The van der Waals surface area contributed by atoms with Crippen molar-refractivity contribution in [3.63, 3.8) is 0 Å². The molecule has 23 heavy (non-hydrogen) atoms. The minimum atomic E-state index is -0.514. The number of hydrogen-bond acceptors (Lipinski definition) is 3. The highest BCUT2D eigenvalue weighted by Gasteiger charge is 2.17. The predicted molar refractivity (Wildman–Crippen MR) is 94.1 cm³/mol. The Bertz CT molecular complexity index is 497. The third kappa shape index (κ3) is 7.04. The van der Waals surface area contributed by atoms with Gasteiger partial charge < -0.3 is 14.8 Å². The lowest BCUT2D eigenvalue weighted by Gasteiger charge is -2.19. The van der Waals surface area contributed by atoms with Crippen molar-refractivity contribution in [1.29, 1.82) is 0 Å². The van der Waals surface area contributed by atoms with Gasteiger partial charge in [0.05, 0.1) is 6.10 Å². The number of hydrogen-bond donors (Lipinski definition) is 1. The Labute approximate surface area is 140 Å². The highest BCUT2D eigenvalue weighted by atomic mass is 16.5. The molecule has 1 aromatic rings. The van der Waals surface area contributed by atoms with Crippen LogP contribution in [0.1, 0.15) is 58.1 Å². The molecule has 0 radical (unpaired) electrons. The molecule has 0 saturated heterocycles. The van der Waals surface area contributed by atoms with Crippen molar-refractivity contribution in [2.75, 3.05) is 13.2 Å². The van der Waals surface area contributed by atoms with E-state index in [0.29, 0.717) is 19.1 Å². The van der Waals surface area contributed by atoms with Crippen LogP contribution in [0.25, 0.3) is 0 Å². The van der Waals surface area contributed by atoms with E-state index in [1.165, 1.54) is 0 Å². The second-order valence-corrected chi connectivity index (χ2v) is 6.52. The van der Waals surface area contributed by atoms with E-state index in [1.54, 1.807) is 6.92 Å². The molecular formula is C19H31NO3. The molecule has 1 rings (SSSR count). The van der Waals surface area contributed by atoms with E-state index in [0.717, 1.165) is 23.3 Å². The normalized spacial score (nSPS) is 12.5. The van der Waals surface area contributed by atoms with Gasteiger partial charge in [-0.15, -0.1) is 0 Å². The SMILES string of the molecule is Cc1ccc(C(C)C)c(O[C@H](C)C(=O)NCCCOC(C)C)c1. The minimum Gasteiger partial charge on any atom is -0.481 e. The molecule has 0 aliphatic heterocycles. The zero-order valence-corrected chi connectivity index (χ0v) is 15.3. The fourth-order valence-electron chi connectivity index (χ4n) is 2.21. The summed E-state index contributed by atoms with van der Waals surface area (Å²) in [6.45, 7) is 13.3. The van der Waals surface area contributed by atoms with Gasteiger partial charge in [-0.2, -0.15) is 0 Å². The Hall–Kier alpha value is -1.55. The molecule has 0 aliphatic rings. The standard InChI is InChI=1S/C19H31NO3/c1-13(2)17-9-8-15(5)12-18(17)23-16(6)19(21)20-10-7-11-22-14(3)4/h8-9,12-14,16H,7,10-11H2,1-6H3,(H,20,21)/t16-/m1/s1. The monoisotopic (exact) mass is 321 g/mol. The Kier molecular flexibility index (Phi) is 8.10. The van der Waals surface area contributed by atoms with Gasteiger partial charge in [-0.05, 0) is 57.2 Å². The number of carbonyl (C=O) groups excluding carboxylic acids is 1. The minimum absolute atomic E-state index is 0.0919. The molecule has 4 nitrogen and oxygen atoms in total. The summed E-state index contributed by atoms with van der Waals surface area (Å²) in [7, 11) is 0. The number of nitrogens with one attached hydrogen (secondary N) is 1. The van der Waals surface area contributed by atoms with Crippen LogP contribution in [0.5, 0.6) is 5.75 Å². The maximum absolute atomic E-state index is 12.1. The Morgan fingerprint density at radius 1 is 1.17 bits per heavy atom. The quantitative estimate of drug-likeness (QED) is 0.703. The molecule has 0 saturated carbocycles. The van der Waals surface area contributed by atoms with Crippen LogP contribution in [-0.2, 0) is 9.53 Å². The molecule has 1 atom stereocenters. The first kappa shape index (κ1) is 19.5. The van der Waals surface area contributed by atoms with Gasteiger partial charge in [0, 0.05) is 13.2 Å². The summed E-state index contributed by atoms with van der Waals surface area (Å²) in [4.78, 5) is 12.1. The van der Waals surface area contributed by atoms with Gasteiger partial charge in [0.2, 0.25) is 0 Å². The van der Waals surface area contributed by atoms with E-state index in [2.05, 4.69) is 31.3 Å². The number of amides is 1. The molecular weight excluding hydrogens is 290 g/mol. The molecule has 0 spiro atoms. The van der Waals surface area contributed by atoms with Crippen LogP contribution in [-0.4, -0.2) is 31.3 Å². The van der Waals surface area contributed by atoms with Gasteiger partial charge in [0.25, 0.3) is 5.91 Å². The van der Waals surface area contributed by atoms with Crippen LogP contribution in [0, 0.1) is 6.92 Å². The fourth-order valence-corrected chi connectivity index (χ4v) is 2.21. The molecule has 0 unspecified atom stereocenters. The number of aryl methyl sites for hydroxylation is 1. The second kappa shape index (κ2) is 9.56. The summed E-state index contributed by atoms with van der Waals surface area (Å²) in [5, 5.41) is 2.90. The molecule has 0 heterocycles. The van der Waals surface area contributed by atoms with E-state index in [1.807, 2.05) is 26.8 Å². The van der Waals surface area contributed by atoms with Gasteiger partial charge in [-0.25, -0.2) is 0 Å². The average molecular weight is 321 g/mol. The number of ether oxygens (including phenoxy) is 2. The highest BCUT2D eigenvalue weighted by molar-refractivity contribution is 5.80. The molecule has 1 N–H and O–H groups in total.